The molecule has 1 heterocycles. The number of hydrogen-bond acceptors (Lipinski definition) is 3. The van der Waals surface area contributed by atoms with Gasteiger partial charge in [-0.15, -0.1) is 0 Å². The molecule has 0 unspecified atom stereocenters. The van der Waals surface area contributed by atoms with Crippen molar-refractivity contribution >= 4 is 34.8 Å². The molecule has 6 heteroatoms. The van der Waals surface area contributed by atoms with Crippen LogP contribution < -0.4 is 15.5 Å². The number of hydrogen-bond donors (Lipinski definition) is 2. The molecule has 142 valence electrons. The second-order valence-corrected chi connectivity index (χ2v) is 7.79. The van der Waals surface area contributed by atoms with Gasteiger partial charge in [-0.3, -0.25) is 9.59 Å². The average Bonchev–Trinajstić information content (AvgIpc) is 2.87. The number of nitrogens with zero attached hydrogens (tertiary/aromatic N) is 1. The van der Waals surface area contributed by atoms with E-state index in [-0.39, 0.29) is 17.9 Å². The van der Waals surface area contributed by atoms with Crippen LogP contribution in [-0.2, 0) is 9.59 Å². The molecule has 1 aromatic carbocycles. The third-order valence-electron chi connectivity index (χ3n) is 5.29. The summed E-state index contributed by atoms with van der Waals surface area (Å²) in [5, 5.41) is 6.91. The van der Waals surface area contributed by atoms with Crippen molar-refractivity contribution in [3.8, 4) is 0 Å². The SMILES string of the molecule is C[C@H](Nc1ccc(N2CCCC2=O)c(Cl)c1)C(=O)NC1CCCCCC1. The van der Waals surface area contributed by atoms with Crippen LogP contribution in [0.4, 0.5) is 11.4 Å². The number of nitrogens with one attached hydrogen (secondary N) is 2. The summed E-state index contributed by atoms with van der Waals surface area (Å²) in [4.78, 5) is 26.1. The first-order valence-electron chi connectivity index (χ1n) is 9.71. The van der Waals surface area contributed by atoms with Gasteiger partial charge in [0.05, 0.1) is 10.7 Å². The minimum Gasteiger partial charge on any atom is -0.374 e. The van der Waals surface area contributed by atoms with Crippen molar-refractivity contribution in [2.24, 2.45) is 0 Å². The maximum Gasteiger partial charge on any atom is 0.242 e. The Labute approximate surface area is 160 Å². The van der Waals surface area contributed by atoms with Gasteiger partial charge in [-0.25, -0.2) is 0 Å². The molecule has 2 amide bonds. The topological polar surface area (TPSA) is 61.4 Å². The molecule has 1 aliphatic carbocycles. The highest BCUT2D eigenvalue weighted by atomic mass is 35.5. The van der Waals surface area contributed by atoms with E-state index in [1.807, 2.05) is 19.1 Å². The van der Waals surface area contributed by atoms with Gasteiger partial charge in [0.1, 0.15) is 6.04 Å². The second-order valence-electron chi connectivity index (χ2n) is 7.38. The smallest absolute Gasteiger partial charge is 0.242 e. The molecular weight excluding hydrogens is 350 g/mol. The summed E-state index contributed by atoms with van der Waals surface area (Å²) in [6.45, 7) is 2.57. The normalized spacial score (nSPS) is 19.9. The van der Waals surface area contributed by atoms with Gasteiger partial charge in [-0.2, -0.15) is 0 Å². The lowest BCUT2D eigenvalue weighted by Gasteiger charge is -2.22. The summed E-state index contributed by atoms with van der Waals surface area (Å²) in [7, 11) is 0. The number of carbonyl (C=O) groups excluding carboxylic acids is 2. The van der Waals surface area contributed by atoms with Crippen LogP contribution in [0.15, 0.2) is 18.2 Å². The lowest BCUT2D eigenvalue weighted by molar-refractivity contribution is -0.122. The number of benzene rings is 1. The van der Waals surface area contributed by atoms with Gasteiger partial charge in [-0.05, 0) is 44.4 Å². The van der Waals surface area contributed by atoms with Crippen LogP contribution in [0.5, 0.6) is 0 Å². The lowest BCUT2D eigenvalue weighted by atomic mass is 10.1. The molecule has 2 fully saturated rings. The molecule has 26 heavy (non-hydrogen) atoms. The number of carbonyl (C=O) groups is 2. The summed E-state index contributed by atoms with van der Waals surface area (Å²) in [6.07, 6.45) is 8.51. The van der Waals surface area contributed by atoms with E-state index in [0.717, 1.165) is 30.6 Å². The van der Waals surface area contributed by atoms with Crippen LogP contribution >= 0.6 is 11.6 Å². The van der Waals surface area contributed by atoms with Crippen molar-refractivity contribution in [1.82, 2.24) is 5.32 Å². The zero-order valence-corrected chi connectivity index (χ0v) is 16.1. The lowest BCUT2D eigenvalue weighted by Crippen LogP contribution is -2.43. The Hall–Kier alpha value is -1.75. The molecule has 0 radical (unpaired) electrons. The highest BCUT2D eigenvalue weighted by Crippen LogP contribution is 2.31. The van der Waals surface area contributed by atoms with Crippen LogP contribution in [0, 0.1) is 0 Å². The van der Waals surface area contributed by atoms with E-state index >= 15 is 0 Å². The Morgan fingerprint density at radius 3 is 2.54 bits per heavy atom. The van der Waals surface area contributed by atoms with Crippen molar-refractivity contribution in [2.45, 2.75) is 70.4 Å². The Balaban J connectivity index is 1.58. The largest absolute Gasteiger partial charge is 0.374 e. The molecule has 1 aliphatic heterocycles. The van der Waals surface area contributed by atoms with E-state index in [1.54, 1.807) is 11.0 Å². The second kappa shape index (κ2) is 8.76. The molecule has 3 rings (SSSR count). The summed E-state index contributed by atoms with van der Waals surface area (Å²) >= 11 is 6.38. The predicted molar refractivity (Wildman–Crippen MR) is 106 cm³/mol. The fraction of sp³-hybridized carbons (Fsp3) is 0.600. The molecule has 1 saturated heterocycles. The monoisotopic (exact) mass is 377 g/mol. The van der Waals surface area contributed by atoms with Crippen molar-refractivity contribution in [3.63, 3.8) is 0 Å². The van der Waals surface area contributed by atoms with Crippen molar-refractivity contribution < 1.29 is 9.59 Å². The molecule has 0 bridgehead atoms. The molecule has 5 nitrogen and oxygen atoms in total. The number of amides is 2. The van der Waals surface area contributed by atoms with Gasteiger partial charge < -0.3 is 15.5 Å². The van der Waals surface area contributed by atoms with Crippen LogP contribution in [0.2, 0.25) is 5.02 Å². The molecule has 0 aromatic heterocycles. The van der Waals surface area contributed by atoms with Gasteiger partial charge in [0, 0.05) is 24.7 Å². The van der Waals surface area contributed by atoms with Gasteiger partial charge in [0.2, 0.25) is 11.8 Å². The van der Waals surface area contributed by atoms with Gasteiger partial charge in [0.25, 0.3) is 0 Å². The molecular formula is C20H28ClN3O2. The van der Waals surface area contributed by atoms with Crippen LogP contribution in [-0.4, -0.2) is 30.4 Å². The van der Waals surface area contributed by atoms with E-state index in [2.05, 4.69) is 10.6 Å². The quantitative estimate of drug-likeness (QED) is 0.759. The van der Waals surface area contributed by atoms with Crippen molar-refractivity contribution in [1.29, 1.82) is 0 Å². The number of rotatable bonds is 5. The molecule has 2 N–H and O–H groups in total. The summed E-state index contributed by atoms with van der Waals surface area (Å²) in [5.74, 6) is 0.135. The molecule has 1 atom stereocenters. The Morgan fingerprint density at radius 1 is 1.19 bits per heavy atom. The first-order valence-corrected chi connectivity index (χ1v) is 10.1. The zero-order valence-electron chi connectivity index (χ0n) is 15.4. The minimum atomic E-state index is -0.339. The maximum atomic E-state index is 12.5. The standard InChI is InChI=1S/C20H28ClN3O2/c1-14(20(26)23-15-7-4-2-3-5-8-15)22-16-10-11-18(17(21)13-16)24-12-6-9-19(24)25/h10-11,13-15,22H,2-9,12H2,1H3,(H,23,26)/t14-/m0/s1. The Kier molecular flexibility index (Phi) is 6.41. The third kappa shape index (κ3) is 4.70. The van der Waals surface area contributed by atoms with Crippen LogP contribution in [0.1, 0.15) is 58.3 Å². The summed E-state index contributed by atoms with van der Waals surface area (Å²) in [5.41, 5.74) is 1.53. The van der Waals surface area contributed by atoms with E-state index < -0.39 is 0 Å². The Bertz CT molecular complexity index is 656. The maximum absolute atomic E-state index is 12.5. The van der Waals surface area contributed by atoms with Gasteiger partial charge in [-0.1, -0.05) is 37.3 Å². The fourth-order valence-electron chi connectivity index (χ4n) is 3.78. The van der Waals surface area contributed by atoms with E-state index in [0.29, 0.717) is 24.0 Å². The van der Waals surface area contributed by atoms with Gasteiger partial charge >= 0.3 is 0 Å². The number of halogens is 1. The zero-order chi connectivity index (χ0) is 18.5. The summed E-state index contributed by atoms with van der Waals surface area (Å²) < 4.78 is 0. The first-order chi connectivity index (χ1) is 12.5. The molecule has 0 spiro atoms. The molecule has 1 saturated carbocycles. The van der Waals surface area contributed by atoms with Crippen LogP contribution in [0.3, 0.4) is 0 Å². The fourth-order valence-corrected chi connectivity index (χ4v) is 4.07. The highest BCUT2D eigenvalue weighted by molar-refractivity contribution is 6.34. The summed E-state index contributed by atoms with van der Waals surface area (Å²) in [6, 6.07) is 5.47. The van der Waals surface area contributed by atoms with E-state index in [9.17, 15) is 9.59 Å². The minimum absolute atomic E-state index is 0.0202. The number of anilines is 2. The average molecular weight is 378 g/mol. The first kappa shape index (κ1) is 19.0. The van der Waals surface area contributed by atoms with Crippen molar-refractivity contribution in [3.05, 3.63) is 23.2 Å². The van der Waals surface area contributed by atoms with Gasteiger partial charge in [0.15, 0.2) is 0 Å². The third-order valence-corrected chi connectivity index (χ3v) is 5.59. The molecule has 1 aromatic rings. The highest BCUT2D eigenvalue weighted by Gasteiger charge is 2.24. The van der Waals surface area contributed by atoms with Crippen LogP contribution in [0.25, 0.3) is 0 Å². The molecule has 2 aliphatic rings. The van der Waals surface area contributed by atoms with Crippen molar-refractivity contribution in [2.75, 3.05) is 16.8 Å². The van der Waals surface area contributed by atoms with E-state index in [1.165, 1.54) is 25.7 Å². The Morgan fingerprint density at radius 2 is 1.92 bits per heavy atom. The van der Waals surface area contributed by atoms with E-state index in [4.69, 9.17) is 11.6 Å². The predicted octanol–water partition coefficient (Wildman–Crippen LogP) is 4.11.